The van der Waals surface area contributed by atoms with Crippen molar-refractivity contribution in [3.05, 3.63) is 59.1 Å². The largest absolute Gasteiger partial charge is 0.497 e. The maximum Gasteiger partial charge on any atom is 0.240 e. The van der Waals surface area contributed by atoms with Crippen LogP contribution in [-0.4, -0.2) is 28.0 Å². The average Bonchev–Trinajstić information content (AvgIpc) is 2.77. The zero-order valence-corrected chi connectivity index (χ0v) is 18.5. The topological polar surface area (TPSA) is 84.5 Å². The highest BCUT2D eigenvalue weighted by Crippen LogP contribution is 2.29. The van der Waals surface area contributed by atoms with Crippen LogP contribution in [0.25, 0.3) is 0 Å². The van der Waals surface area contributed by atoms with Crippen LogP contribution in [0.3, 0.4) is 0 Å². The van der Waals surface area contributed by atoms with Crippen molar-refractivity contribution in [3.8, 4) is 5.75 Å². The monoisotopic (exact) mass is 450 g/mol. The van der Waals surface area contributed by atoms with Crippen molar-refractivity contribution in [2.75, 3.05) is 13.7 Å². The summed E-state index contributed by atoms with van der Waals surface area (Å²) < 4.78 is 32.7. The fraction of sp³-hybridized carbons (Fsp3) is 0.409. The Morgan fingerprint density at radius 1 is 1.07 bits per heavy atom. The molecule has 0 aromatic heterocycles. The zero-order valence-electron chi connectivity index (χ0n) is 16.9. The predicted octanol–water partition coefficient (Wildman–Crippen LogP) is 3.75. The number of benzene rings is 2. The Morgan fingerprint density at radius 3 is 2.37 bits per heavy atom. The van der Waals surface area contributed by atoms with Gasteiger partial charge < -0.3 is 10.1 Å². The summed E-state index contributed by atoms with van der Waals surface area (Å²) in [5, 5.41) is 3.61. The van der Waals surface area contributed by atoms with E-state index < -0.39 is 10.0 Å². The molecule has 0 saturated heterocycles. The molecule has 0 bridgehead atoms. The number of hydrogen-bond acceptors (Lipinski definition) is 4. The Bertz CT molecular complexity index is 955. The zero-order chi connectivity index (χ0) is 21.6. The Kier molecular flexibility index (Phi) is 7.75. The number of halogens is 1. The van der Waals surface area contributed by atoms with Gasteiger partial charge in [-0.05, 0) is 67.5 Å². The second kappa shape index (κ2) is 10.3. The van der Waals surface area contributed by atoms with Gasteiger partial charge in [-0.25, -0.2) is 13.1 Å². The molecule has 1 amide bonds. The summed E-state index contributed by atoms with van der Waals surface area (Å²) in [7, 11) is -2.02. The van der Waals surface area contributed by atoms with E-state index in [1.54, 1.807) is 18.2 Å². The Labute approximate surface area is 183 Å². The fourth-order valence-electron chi connectivity index (χ4n) is 3.66. The number of amides is 1. The number of sulfonamides is 1. The predicted molar refractivity (Wildman–Crippen MR) is 117 cm³/mol. The summed E-state index contributed by atoms with van der Waals surface area (Å²) in [5.41, 5.74) is 0.897. The molecule has 0 aliphatic heterocycles. The number of carbonyl (C=O) groups excluding carboxylic acids is 1. The van der Waals surface area contributed by atoms with Crippen molar-refractivity contribution in [1.29, 1.82) is 0 Å². The number of hydrogen-bond donors (Lipinski definition) is 2. The summed E-state index contributed by atoms with van der Waals surface area (Å²) in [4.78, 5) is 12.7. The molecule has 162 valence electrons. The van der Waals surface area contributed by atoms with Crippen molar-refractivity contribution in [2.45, 2.75) is 37.1 Å². The van der Waals surface area contributed by atoms with Crippen molar-refractivity contribution >= 4 is 27.5 Å². The molecule has 3 rings (SSSR count). The third kappa shape index (κ3) is 5.97. The molecule has 1 aliphatic rings. The molecule has 6 nitrogen and oxygen atoms in total. The molecule has 0 unspecified atom stereocenters. The second-order valence-electron chi connectivity index (χ2n) is 7.55. The number of rotatable bonds is 8. The fourth-order valence-corrected chi connectivity index (χ4v) is 4.98. The SMILES string of the molecule is COc1ccc(S(=O)(=O)NCC2CCC(C(=O)NCc3ccccc3Cl)CC2)cc1. The summed E-state index contributed by atoms with van der Waals surface area (Å²) in [6.45, 7) is 0.794. The lowest BCUT2D eigenvalue weighted by atomic mass is 9.81. The molecule has 8 heteroatoms. The highest BCUT2D eigenvalue weighted by atomic mass is 35.5. The van der Waals surface area contributed by atoms with Gasteiger partial charge in [0.1, 0.15) is 5.75 Å². The van der Waals surface area contributed by atoms with E-state index >= 15 is 0 Å². The highest BCUT2D eigenvalue weighted by Gasteiger charge is 2.27. The van der Waals surface area contributed by atoms with E-state index in [-0.39, 0.29) is 22.6 Å². The summed E-state index contributed by atoms with van der Waals surface area (Å²) in [6.07, 6.45) is 3.14. The minimum absolute atomic E-state index is 0.0344. The molecule has 30 heavy (non-hydrogen) atoms. The first-order valence-corrected chi connectivity index (χ1v) is 11.9. The molecule has 2 N–H and O–H groups in total. The van der Waals surface area contributed by atoms with Crippen molar-refractivity contribution < 1.29 is 17.9 Å². The summed E-state index contributed by atoms with van der Waals surface area (Å²) in [5.74, 6) is 0.833. The molecule has 0 heterocycles. The minimum atomic E-state index is -3.56. The van der Waals surface area contributed by atoms with E-state index in [9.17, 15) is 13.2 Å². The van der Waals surface area contributed by atoms with E-state index in [1.807, 2.05) is 18.2 Å². The first kappa shape index (κ1) is 22.6. The standard InChI is InChI=1S/C22H27ClN2O4S/c1-29-19-10-12-20(13-11-19)30(27,28)25-14-16-6-8-17(9-7-16)22(26)24-15-18-4-2-3-5-21(18)23/h2-5,10-13,16-17,25H,6-9,14-15H2,1H3,(H,24,26). The lowest BCUT2D eigenvalue weighted by molar-refractivity contribution is -0.126. The van der Waals surface area contributed by atoms with Gasteiger partial charge in [0.25, 0.3) is 0 Å². The lowest BCUT2D eigenvalue weighted by Crippen LogP contribution is -2.36. The number of nitrogens with one attached hydrogen (secondary N) is 2. The lowest BCUT2D eigenvalue weighted by Gasteiger charge is -2.28. The van der Waals surface area contributed by atoms with Crippen LogP contribution in [0, 0.1) is 11.8 Å². The Morgan fingerprint density at radius 2 is 1.73 bits per heavy atom. The molecule has 1 fully saturated rings. The summed E-state index contributed by atoms with van der Waals surface area (Å²) in [6, 6.07) is 13.8. The highest BCUT2D eigenvalue weighted by molar-refractivity contribution is 7.89. The molecule has 0 atom stereocenters. The molecular weight excluding hydrogens is 424 g/mol. The van der Waals surface area contributed by atoms with Crippen molar-refractivity contribution in [1.82, 2.24) is 10.0 Å². The van der Waals surface area contributed by atoms with Gasteiger partial charge in [-0.15, -0.1) is 0 Å². The normalized spacial score (nSPS) is 19.3. The third-order valence-electron chi connectivity index (χ3n) is 5.56. The van der Waals surface area contributed by atoms with Gasteiger partial charge in [0.15, 0.2) is 0 Å². The van der Waals surface area contributed by atoms with E-state index in [4.69, 9.17) is 16.3 Å². The minimum Gasteiger partial charge on any atom is -0.497 e. The second-order valence-corrected chi connectivity index (χ2v) is 9.73. The molecular formula is C22H27ClN2O4S. The average molecular weight is 451 g/mol. The van der Waals surface area contributed by atoms with Gasteiger partial charge in [-0.2, -0.15) is 0 Å². The van der Waals surface area contributed by atoms with Crippen LogP contribution in [-0.2, 0) is 21.4 Å². The number of carbonyl (C=O) groups is 1. The summed E-state index contributed by atoms with van der Waals surface area (Å²) >= 11 is 6.13. The Balaban J connectivity index is 1.43. The molecule has 2 aromatic rings. The molecule has 0 spiro atoms. The van der Waals surface area contributed by atoms with Crippen LogP contribution in [0.2, 0.25) is 5.02 Å². The first-order chi connectivity index (χ1) is 14.4. The quantitative estimate of drug-likeness (QED) is 0.641. The molecule has 1 saturated carbocycles. The van der Waals surface area contributed by atoms with Crippen LogP contribution >= 0.6 is 11.6 Å². The van der Waals surface area contributed by atoms with Crippen molar-refractivity contribution in [2.24, 2.45) is 11.8 Å². The first-order valence-electron chi connectivity index (χ1n) is 10.0. The van der Waals surface area contributed by atoms with Gasteiger partial charge in [-0.3, -0.25) is 4.79 Å². The number of ether oxygens (including phenoxy) is 1. The van der Waals surface area contributed by atoms with E-state index in [1.165, 1.54) is 19.2 Å². The van der Waals surface area contributed by atoms with Crippen LogP contribution in [0.4, 0.5) is 0 Å². The van der Waals surface area contributed by atoms with Gasteiger partial charge in [0.05, 0.1) is 12.0 Å². The van der Waals surface area contributed by atoms with Gasteiger partial charge in [-0.1, -0.05) is 29.8 Å². The van der Waals surface area contributed by atoms with Crippen LogP contribution in [0.5, 0.6) is 5.75 Å². The maximum absolute atomic E-state index is 12.5. The Hall–Kier alpha value is -2.09. The number of methoxy groups -OCH3 is 1. The van der Waals surface area contributed by atoms with Crippen LogP contribution in [0.15, 0.2) is 53.4 Å². The smallest absolute Gasteiger partial charge is 0.240 e. The van der Waals surface area contributed by atoms with Crippen molar-refractivity contribution in [3.63, 3.8) is 0 Å². The molecule has 0 radical (unpaired) electrons. The van der Waals surface area contributed by atoms with E-state index in [2.05, 4.69) is 10.0 Å². The van der Waals surface area contributed by atoms with E-state index in [0.717, 1.165) is 31.2 Å². The third-order valence-corrected chi connectivity index (χ3v) is 7.37. The van der Waals surface area contributed by atoms with Gasteiger partial charge in [0, 0.05) is 24.0 Å². The molecule has 1 aliphatic carbocycles. The van der Waals surface area contributed by atoms with Crippen LogP contribution in [0.1, 0.15) is 31.2 Å². The van der Waals surface area contributed by atoms with E-state index in [0.29, 0.717) is 23.9 Å². The molecule has 2 aromatic carbocycles. The van der Waals surface area contributed by atoms with Gasteiger partial charge >= 0.3 is 0 Å². The van der Waals surface area contributed by atoms with Gasteiger partial charge in [0.2, 0.25) is 15.9 Å². The van der Waals surface area contributed by atoms with Crippen LogP contribution < -0.4 is 14.8 Å². The maximum atomic E-state index is 12.5.